The number of thioether (sulfide) groups is 2. The van der Waals surface area contributed by atoms with Gasteiger partial charge in [-0.2, -0.15) is 16.7 Å². The predicted octanol–water partition coefficient (Wildman–Crippen LogP) is 2.05. The van der Waals surface area contributed by atoms with E-state index in [4.69, 9.17) is 0 Å². The van der Waals surface area contributed by atoms with Crippen LogP contribution in [0.15, 0.2) is 9.95 Å². The molecule has 0 aliphatic carbocycles. The van der Waals surface area contributed by atoms with Gasteiger partial charge in [0.2, 0.25) is 5.88 Å². The van der Waals surface area contributed by atoms with Crippen molar-refractivity contribution in [3.63, 3.8) is 0 Å². The minimum Gasteiger partial charge on any atom is -0.493 e. The molecule has 90 valence electrons. The molecule has 0 aliphatic rings. The third-order valence-electron chi connectivity index (χ3n) is 2.02. The smallest absolute Gasteiger partial charge is 0.258 e. The average Bonchev–Trinajstić information content (AvgIpc) is 2.16. The van der Waals surface area contributed by atoms with Crippen molar-refractivity contribution >= 4 is 23.5 Å². The summed E-state index contributed by atoms with van der Waals surface area (Å²) >= 11 is 3.18. The number of aromatic nitrogens is 2. The summed E-state index contributed by atoms with van der Waals surface area (Å²) in [5, 5.41) is 10.1. The van der Waals surface area contributed by atoms with Crippen LogP contribution in [0.2, 0.25) is 0 Å². The first kappa shape index (κ1) is 13.4. The van der Waals surface area contributed by atoms with E-state index in [1.807, 2.05) is 20.1 Å². The number of aromatic hydroxyl groups is 1. The Morgan fingerprint density at radius 2 is 2.12 bits per heavy atom. The van der Waals surface area contributed by atoms with Crippen LogP contribution in [0.1, 0.15) is 25.3 Å². The lowest BCUT2D eigenvalue weighted by molar-refractivity contribution is 0.432. The molecule has 0 fully saturated rings. The first-order valence-electron chi connectivity index (χ1n) is 5.01. The lowest BCUT2D eigenvalue weighted by Crippen LogP contribution is -2.16. The number of nitrogens with zero attached hydrogens (tertiary/aromatic N) is 1. The molecule has 4 nitrogen and oxygen atoms in total. The number of nitrogens with one attached hydrogen (secondary N) is 1. The minimum atomic E-state index is -0.242. The zero-order valence-electron chi connectivity index (χ0n) is 9.61. The summed E-state index contributed by atoms with van der Waals surface area (Å²) in [7, 11) is 0. The monoisotopic (exact) mass is 260 g/mol. The summed E-state index contributed by atoms with van der Waals surface area (Å²) in [4.78, 5) is 18.3. The minimum absolute atomic E-state index is 0.0264. The molecule has 0 radical (unpaired) electrons. The quantitative estimate of drug-likeness (QED) is 0.482. The summed E-state index contributed by atoms with van der Waals surface area (Å²) in [5.41, 5.74) is 0.114. The Labute approximate surface area is 103 Å². The number of hydrogen-bond donors (Lipinski definition) is 2. The fourth-order valence-electron chi connectivity index (χ4n) is 1.26. The number of hydrogen-bond acceptors (Lipinski definition) is 5. The van der Waals surface area contributed by atoms with E-state index in [1.165, 1.54) is 11.8 Å². The van der Waals surface area contributed by atoms with Crippen LogP contribution in [0.5, 0.6) is 5.88 Å². The van der Waals surface area contributed by atoms with Gasteiger partial charge < -0.3 is 10.1 Å². The first-order valence-corrected chi connectivity index (χ1v) is 7.39. The van der Waals surface area contributed by atoms with Crippen molar-refractivity contribution in [3.8, 4) is 5.88 Å². The van der Waals surface area contributed by atoms with E-state index in [-0.39, 0.29) is 17.4 Å². The number of aromatic amines is 1. The van der Waals surface area contributed by atoms with E-state index in [0.717, 1.165) is 11.5 Å². The lowest BCUT2D eigenvalue weighted by Gasteiger charge is -2.07. The normalized spacial score (nSPS) is 11.0. The van der Waals surface area contributed by atoms with Crippen LogP contribution >= 0.6 is 23.5 Å². The molecule has 0 saturated heterocycles. The molecule has 0 aliphatic heterocycles. The highest BCUT2D eigenvalue weighted by Crippen LogP contribution is 2.21. The van der Waals surface area contributed by atoms with Gasteiger partial charge in [0, 0.05) is 11.5 Å². The largest absolute Gasteiger partial charge is 0.493 e. The number of rotatable bonds is 5. The van der Waals surface area contributed by atoms with Crippen LogP contribution < -0.4 is 5.56 Å². The molecule has 0 atom stereocenters. The molecule has 6 heteroatoms. The molecule has 0 amide bonds. The van der Waals surface area contributed by atoms with Crippen molar-refractivity contribution in [2.75, 3.05) is 17.8 Å². The highest BCUT2D eigenvalue weighted by Gasteiger charge is 2.13. The maximum Gasteiger partial charge on any atom is 0.258 e. The summed E-state index contributed by atoms with van der Waals surface area (Å²) in [6, 6.07) is 0. The molecule has 1 aromatic heterocycles. The van der Waals surface area contributed by atoms with E-state index >= 15 is 0 Å². The summed E-state index contributed by atoms with van der Waals surface area (Å²) in [6.45, 7) is 3.71. The molecule has 2 N–H and O–H groups in total. The van der Waals surface area contributed by atoms with Gasteiger partial charge in [-0.05, 0) is 12.2 Å². The standard InChI is InChI=1S/C10H16N2O2S2/c1-6(2)7-8(13)11-10(12-9(7)14)16-5-4-15-3/h6H,4-5H2,1-3H3,(H2,11,12,13,14). The van der Waals surface area contributed by atoms with Crippen LogP contribution in [0.25, 0.3) is 0 Å². The molecule has 1 rings (SSSR count). The van der Waals surface area contributed by atoms with Crippen molar-refractivity contribution in [1.82, 2.24) is 9.97 Å². The van der Waals surface area contributed by atoms with E-state index < -0.39 is 0 Å². The molecule has 0 spiro atoms. The second-order valence-corrected chi connectivity index (χ2v) is 5.67. The SMILES string of the molecule is CSCCSc1nc(O)c(C(C)C)c(=O)[nH]1. The molecule has 0 aromatic carbocycles. The van der Waals surface area contributed by atoms with Gasteiger partial charge in [-0.25, -0.2) is 0 Å². The zero-order valence-corrected chi connectivity index (χ0v) is 11.2. The van der Waals surface area contributed by atoms with Crippen LogP contribution in [0.3, 0.4) is 0 Å². The van der Waals surface area contributed by atoms with Crippen molar-refractivity contribution in [3.05, 3.63) is 15.9 Å². The van der Waals surface area contributed by atoms with Gasteiger partial charge in [-0.15, -0.1) is 0 Å². The fourth-order valence-corrected chi connectivity index (χ4v) is 2.77. The maximum absolute atomic E-state index is 11.7. The molecular formula is C10H16N2O2S2. The second kappa shape index (κ2) is 6.20. The Kier molecular flexibility index (Phi) is 5.21. The molecular weight excluding hydrogens is 244 g/mol. The van der Waals surface area contributed by atoms with Crippen molar-refractivity contribution < 1.29 is 5.11 Å². The highest BCUT2D eigenvalue weighted by molar-refractivity contribution is 8.02. The van der Waals surface area contributed by atoms with Crippen LogP contribution in [0.4, 0.5) is 0 Å². The van der Waals surface area contributed by atoms with Crippen LogP contribution in [0, 0.1) is 0 Å². The van der Waals surface area contributed by atoms with Crippen molar-refractivity contribution in [1.29, 1.82) is 0 Å². The van der Waals surface area contributed by atoms with Gasteiger partial charge >= 0.3 is 0 Å². The van der Waals surface area contributed by atoms with E-state index in [2.05, 4.69) is 9.97 Å². The third-order valence-corrected chi connectivity index (χ3v) is 3.76. The Morgan fingerprint density at radius 1 is 1.44 bits per heavy atom. The zero-order chi connectivity index (χ0) is 12.1. The summed E-state index contributed by atoms with van der Waals surface area (Å²) in [6.07, 6.45) is 2.02. The van der Waals surface area contributed by atoms with Crippen LogP contribution in [-0.2, 0) is 0 Å². The highest BCUT2D eigenvalue weighted by atomic mass is 32.2. The number of H-pyrrole nitrogens is 1. The average molecular weight is 260 g/mol. The van der Waals surface area contributed by atoms with Gasteiger partial charge in [0.05, 0.1) is 5.56 Å². The second-order valence-electron chi connectivity index (χ2n) is 3.60. The Balaban J connectivity index is 2.88. The Bertz CT molecular complexity index is 404. The first-order chi connectivity index (χ1) is 7.56. The fraction of sp³-hybridized carbons (Fsp3) is 0.600. The lowest BCUT2D eigenvalue weighted by atomic mass is 10.1. The van der Waals surface area contributed by atoms with E-state index in [9.17, 15) is 9.90 Å². The Hall–Kier alpha value is -0.620. The molecule has 0 saturated carbocycles. The molecule has 0 bridgehead atoms. The van der Waals surface area contributed by atoms with E-state index in [0.29, 0.717) is 10.7 Å². The molecule has 0 unspecified atom stereocenters. The molecule has 1 aromatic rings. The summed E-state index contributed by atoms with van der Waals surface area (Å²) in [5.74, 6) is 1.68. The van der Waals surface area contributed by atoms with E-state index in [1.54, 1.807) is 11.8 Å². The molecule has 16 heavy (non-hydrogen) atoms. The maximum atomic E-state index is 11.7. The predicted molar refractivity (Wildman–Crippen MR) is 69.7 cm³/mol. The van der Waals surface area contributed by atoms with Crippen molar-refractivity contribution in [2.45, 2.75) is 24.9 Å². The van der Waals surface area contributed by atoms with Gasteiger partial charge in [0.25, 0.3) is 5.56 Å². The summed E-state index contributed by atoms with van der Waals surface area (Å²) < 4.78 is 0. The topological polar surface area (TPSA) is 66.0 Å². The van der Waals surface area contributed by atoms with Gasteiger partial charge in [0.1, 0.15) is 0 Å². The molecule has 1 heterocycles. The van der Waals surface area contributed by atoms with Crippen LogP contribution in [-0.4, -0.2) is 32.8 Å². The van der Waals surface area contributed by atoms with Gasteiger partial charge in [-0.1, -0.05) is 25.6 Å². The van der Waals surface area contributed by atoms with Gasteiger partial charge in [-0.3, -0.25) is 4.79 Å². The Morgan fingerprint density at radius 3 is 2.62 bits per heavy atom. The third kappa shape index (κ3) is 3.45. The van der Waals surface area contributed by atoms with Crippen molar-refractivity contribution in [2.24, 2.45) is 0 Å². The van der Waals surface area contributed by atoms with Gasteiger partial charge in [0.15, 0.2) is 5.16 Å².